The minimum absolute atomic E-state index is 0.188. The third-order valence-electron chi connectivity index (χ3n) is 3.20. The molecule has 22 heavy (non-hydrogen) atoms. The Morgan fingerprint density at radius 1 is 1.14 bits per heavy atom. The van der Waals surface area contributed by atoms with Crippen LogP contribution in [0.3, 0.4) is 0 Å². The zero-order chi connectivity index (χ0) is 15.9. The lowest BCUT2D eigenvalue weighted by Gasteiger charge is -2.17. The Kier molecular flexibility index (Phi) is 5.78. The number of benzene rings is 2. The molecule has 0 fully saturated rings. The summed E-state index contributed by atoms with van der Waals surface area (Å²) in [7, 11) is 1.72. The Morgan fingerprint density at radius 3 is 2.41 bits per heavy atom. The highest BCUT2D eigenvalue weighted by Gasteiger charge is 2.11. The summed E-state index contributed by atoms with van der Waals surface area (Å²) in [5.41, 5.74) is 2.81. The van der Waals surface area contributed by atoms with Gasteiger partial charge in [0.05, 0.1) is 0 Å². The molecule has 0 aliphatic carbocycles. The fourth-order valence-corrected chi connectivity index (χ4v) is 2.21. The van der Waals surface area contributed by atoms with Crippen LogP contribution in [0.4, 0.5) is 4.79 Å². The van der Waals surface area contributed by atoms with Gasteiger partial charge in [0.15, 0.2) is 0 Å². The van der Waals surface area contributed by atoms with Crippen molar-refractivity contribution < 1.29 is 9.53 Å². The molecule has 0 N–H and O–H groups in total. The van der Waals surface area contributed by atoms with Gasteiger partial charge in [-0.2, -0.15) is 0 Å². The summed E-state index contributed by atoms with van der Waals surface area (Å²) < 4.78 is 6.31. The molecule has 1 amide bonds. The third kappa shape index (κ3) is 4.74. The Morgan fingerprint density at radius 2 is 1.77 bits per heavy atom. The largest absolute Gasteiger partial charge is 0.445 e. The van der Waals surface area contributed by atoms with Gasteiger partial charge < -0.3 is 9.64 Å². The second-order valence-corrected chi connectivity index (χ2v) is 5.92. The van der Waals surface area contributed by atoms with Crippen LogP contribution in [0.1, 0.15) is 11.1 Å². The Bertz CT molecular complexity index is 638. The van der Waals surface area contributed by atoms with Crippen LogP contribution < -0.4 is 0 Å². The average molecular weight is 360 g/mol. The van der Waals surface area contributed by atoms with Gasteiger partial charge in [0, 0.05) is 18.1 Å². The molecule has 0 unspecified atom stereocenters. The number of ether oxygens (including phenoxy) is 1. The Hall–Kier alpha value is -2.07. The van der Waals surface area contributed by atoms with Gasteiger partial charge in [0.2, 0.25) is 0 Å². The van der Waals surface area contributed by atoms with E-state index >= 15 is 0 Å². The van der Waals surface area contributed by atoms with Crippen molar-refractivity contribution in [3.63, 3.8) is 0 Å². The molecule has 0 spiro atoms. The second kappa shape index (κ2) is 7.80. The maximum Gasteiger partial charge on any atom is 0.410 e. The minimum atomic E-state index is -0.361. The predicted octanol–water partition coefficient (Wildman–Crippen LogP) is 4.73. The van der Waals surface area contributed by atoms with E-state index in [0.29, 0.717) is 6.54 Å². The van der Waals surface area contributed by atoms with E-state index in [2.05, 4.69) is 22.5 Å². The molecule has 0 heterocycles. The zero-order valence-electron chi connectivity index (χ0n) is 12.5. The number of hydrogen-bond donors (Lipinski definition) is 0. The number of carbonyl (C=O) groups is 1. The van der Waals surface area contributed by atoms with Crippen LogP contribution in [0.25, 0.3) is 5.57 Å². The lowest BCUT2D eigenvalue weighted by molar-refractivity contribution is 0.121. The summed E-state index contributed by atoms with van der Waals surface area (Å²) >= 11 is 3.39. The molecular weight excluding hydrogens is 342 g/mol. The summed E-state index contributed by atoms with van der Waals surface area (Å²) in [4.78, 5) is 13.5. The van der Waals surface area contributed by atoms with E-state index in [1.165, 1.54) is 0 Å². The van der Waals surface area contributed by atoms with E-state index in [1.54, 1.807) is 11.9 Å². The van der Waals surface area contributed by atoms with Crippen molar-refractivity contribution >= 4 is 27.6 Å². The Labute approximate surface area is 139 Å². The standard InChI is InChI=1S/C18H18BrNO2/c1-14(16-6-4-3-5-7-16)13-22-18(21)20(2)12-15-8-10-17(19)11-9-15/h3-11H,1,12-13H2,2H3. The highest BCUT2D eigenvalue weighted by Crippen LogP contribution is 2.14. The number of carbonyl (C=O) groups excluding carboxylic acids is 1. The number of hydrogen-bond acceptors (Lipinski definition) is 2. The monoisotopic (exact) mass is 359 g/mol. The van der Waals surface area contributed by atoms with Crippen molar-refractivity contribution in [2.75, 3.05) is 13.7 Å². The lowest BCUT2D eigenvalue weighted by atomic mass is 10.1. The highest BCUT2D eigenvalue weighted by atomic mass is 79.9. The first-order chi connectivity index (χ1) is 10.6. The summed E-state index contributed by atoms with van der Waals surface area (Å²) in [6.45, 7) is 4.64. The average Bonchev–Trinajstić information content (AvgIpc) is 2.55. The first kappa shape index (κ1) is 16.3. The van der Waals surface area contributed by atoms with Gasteiger partial charge in [-0.1, -0.05) is 65.0 Å². The molecule has 3 nitrogen and oxygen atoms in total. The van der Waals surface area contributed by atoms with Crippen molar-refractivity contribution in [3.8, 4) is 0 Å². The molecular formula is C18H18BrNO2. The van der Waals surface area contributed by atoms with Crippen molar-refractivity contribution in [1.82, 2.24) is 4.90 Å². The van der Waals surface area contributed by atoms with Crippen molar-refractivity contribution in [1.29, 1.82) is 0 Å². The van der Waals surface area contributed by atoms with Crippen molar-refractivity contribution in [3.05, 3.63) is 76.8 Å². The fourth-order valence-electron chi connectivity index (χ4n) is 1.94. The molecule has 0 aliphatic rings. The maximum atomic E-state index is 12.0. The zero-order valence-corrected chi connectivity index (χ0v) is 14.0. The van der Waals surface area contributed by atoms with Gasteiger partial charge in [-0.25, -0.2) is 4.79 Å². The number of halogens is 1. The third-order valence-corrected chi connectivity index (χ3v) is 3.73. The van der Waals surface area contributed by atoms with E-state index in [9.17, 15) is 4.79 Å². The predicted molar refractivity (Wildman–Crippen MR) is 92.4 cm³/mol. The molecule has 0 bridgehead atoms. The minimum Gasteiger partial charge on any atom is -0.445 e. The number of amides is 1. The summed E-state index contributed by atoms with van der Waals surface area (Å²) in [5, 5.41) is 0. The van der Waals surface area contributed by atoms with Gasteiger partial charge in [-0.05, 0) is 28.8 Å². The molecule has 0 atom stereocenters. The van der Waals surface area contributed by atoms with Gasteiger partial charge >= 0.3 is 6.09 Å². The van der Waals surface area contributed by atoms with Gasteiger partial charge in [-0.15, -0.1) is 0 Å². The fraction of sp³-hybridized carbons (Fsp3) is 0.167. The lowest BCUT2D eigenvalue weighted by Crippen LogP contribution is -2.27. The Balaban J connectivity index is 1.84. The first-order valence-electron chi connectivity index (χ1n) is 6.92. The molecule has 2 rings (SSSR count). The molecule has 0 aromatic heterocycles. The van der Waals surface area contributed by atoms with Crippen LogP contribution in [0, 0.1) is 0 Å². The molecule has 2 aromatic carbocycles. The number of nitrogens with zero attached hydrogens (tertiary/aromatic N) is 1. The van der Waals surface area contributed by atoms with Gasteiger partial charge in [-0.3, -0.25) is 0 Å². The van der Waals surface area contributed by atoms with Gasteiger partial charge in [0.1, 0.15) is 6.61 Å². The second-order valence-electron chi connectivity index (χ2n) is 5.01. The van der Waals surface area contributed by atoms with Crippen LogP contribution in [-0.2, 0) is 11.3 Å². The summed E-state index contributed by atoms with van der Waals surface area (Å²) in [6, 6.07) is 17.5. The molecule has 0 aliphatic heterocycles. The van der Waals surface area contributed by atoms with Crippen molar-refractivity contribution in [2.45, 2.75) is 6.54 Å². The van der Waals surface area contributed by atoms with E-state index in [0.717, 1.165) is 21.2 Å². The molecule has 4 heteroatoms. The van der Waals surface area contributed by atoms with Crippen LogP contribution >= 0.6 is 15.9 Å². The summed E-state index contributed by atoms with van der Waals surface area (Å²) in [5.74, 6) is 0. The van der Waals surface area contributed by atoms with Crippen LogP contribution in [0.15, 0.2) is 65.6 Å². The van der Waals surface area contributed by atoms with E-state index < -0.39 is 0 Å². The van der Waals surface area contributed by atoms with E-state index in [4.69, 9.17) is 4.74 Å². The van der Waals surface area contributed by atoms with Crippen LogP contribution in [-0.4, -0.2) is 24.6 Å². The topological polar surface area (TPSA) is 29.5 Å². The molecule has 114 valence electrons. The summed E-state index contributed by atoms with van der Waals surface area (Å²) in [6.07, 6.45) is -0.361. The maximum absolute atomic E-state index is 12.0. The SMILES string of the molecule is C=C(COC(=O)N(C)Cc1ccc(Br)cc1)c1ccccc1. The normalized spacial score (nSPS) is 10.1. The van der Waals surface area contributed by atoms with Crippen LogP contribution in [0.5, 0.6) is 0 Å². The highest BCUT2D eigenvalue weighted by molar-refractivity contribution is 9.10. The van der Waals surface area contributed by atoms with Gasteiger partial charge in [0.25, 0.3) is 0 Å². The van der Waals surface area contributed by atoms with E-state index in [-0.39, 0.29) is 12.7 Å². The first-order valence-corrected chi connectivity index (χ1v) is 7.71. The smallest absolute Gasteiger partial charge is 0.410 e. The van der Waals surface area contributed by atoms with Crippen molar-refractivity contribution in [2.24, 2.45) is 0 Å². The molecule has 0 radical (unpaired) electrons. The quantitative estimate of drug-likeness (QED) is 0.772. The van der Waals surface area contributed by atoms with Crippen LogP contribution in [0.2, 0.25) is 0 Å². The molecule has 2 aromatic rings. The molecule has 0 saturated heterocycles. The number of rotatable bonds is 5. The van der Waals surface area contributed by atoms with E-state index in [1.807, 2.05) is 54.6 Å². The molecule has 0 saturated carbocycles.